The van der Waals surface area contributed by atoms with Crippen molar-refractivity contribution in [1.29, 1.82) is 0 Å². The van der Waals surface area contributed by atoms with Crippen molar-refractivity contribution in [3.8, 4) is 0 Å². The van der Waals surface area contributed by atoms with E-state index in [1.165, 1.54) is 0 Å². The summed E-state index contributed by atoms with van der Waals surface area (Å²) in [5, 5.41) is 2.72. The van der Waals surface area contributed by atoms with Gasteiger partial charge in [0.1, 0.15) is 0 Å². The molecule has 0 saturated carbocycles. The molecule has 1 aromatic heterocycles. The molecule has 0 fully saturated rings. The van der Waals surface area contributed by atoms with Gasteiger partial charge in [-0.25, -0.2) is 8.42 Å². The van der Waals surface area contributed by atoms with Gasteiger partial charge in [0.15, 0.2) is 0 Å². The normalized spacial score (nSPS) is 11.4. The third-order valence-electron chi connectivity index (χ3n) is 3.56. The molecule has 1 aromatic carbocycles. The highest BCUT2D eigenvalue weighted by Crippen LogP contribution is 2.16. The largest absolute Gasteiger partial charge is 0.378 e. The highest BCUT2D eigenvalue weighted by molar-refractivity contribution is 7.88. The first-order valence-corrected chi connectivity index (χ1v) is 9.52. The number of carbonyl (C=O) groups excluding carboxylic acids is 1. The van der Waals surface area contributed by atoms with Crippen LogP contribution in [0, 0.1) is 0 Å². The second kappa shape index (κ2) is 8.09. The van der Waals surface area contributed by atoms with Crippen molar-refractivity contribution in [1.82, 2.24) is 9.29 Å². The molecule has 0 spiro atoms. The third-order valence-corrected chi connectivity index (χ3v) is 4.76. The highest BCUT2D eigenvalue weighted by Gasteiger charge is 2.20. The Hall–Kier alpha value is -2.45. The summed E-state index contributed by atoms with van der Waals surface area (Å²) >= 11 is 0. The third kappa shape index (κ3) is 5.84. The zero-order valence-corrected chi connectivity index (χ0v) is 15.3. The van der Waals surface area contributed by atoms with Gasteiger partial charge in [0.2, 0.25) is 15.9 Å². The Labute approximate surface area is 148 Å². The Morgan fingerprint density at radius 3 is 2.20 bits per heavy atom. The number of carbonyl (C=O) groups is 1. The van der Waals surface area contributed by atoms with Crippen molar-refractivity contribution in [2.75, 3.05) is 37.1 Å². The maximum atomic E-state index is 12.2. The van der Waals surface area contributed by atoms with Gasteiger partial charge in [-0.2, -0.15) is 4.31 Å². The molecule has 0 bridgehead atoms. The van der Waals surface area contributed by atoms with Gasteiger partial charge in [-0.1, -0.05) is 0 Å². The van der Waals surface area contributed by atoms with Crippen molar-refractivity contribution in [2.45, 2.75) is 6.54 Å². The number of sulfonamides is 1. The molecule has 1 N–H and O–H groups in total. The van der Waals surface area contributed by atoms with Crippen LogP contribution in [-0.4, -0.2) is 50.5 Å². The van der Waals surface area contributed by atoms with E-state index in [2.05, 4.69) is 10.3 Å². The van der Waals surface area contributed by atoms with E-state index in [4.69, 9.17) is 0 Å². The van der Waals surface area contributed by atoms with E-state index in [1.807, 2.05) is 31.1 Å². The Balaban J connectivity index is 2.04. The number of pyridine rings is 1. The predicted octanol–water partition coefficient (Wildman–Crippen LogP) is 1.55. The lowest BCUT2D eigenvalue weighted by molar-refractivity contribution is -0.116. The van der Waals surface area contributed by atoms with Crippen LogP contribution in [0.2, 0.25) is 0 Å². The molecule has 7 nitrogen and oxygen atoms in total. The van der Waals surface area contributed by atoms with E-state index < -0.39 is 15.9 Å². The summed E-state index contributed by atoms with van der Waals surface area (Å²) in [7, 11) is 0.332. The average Bonchev–Trinajstić information content (AvgIpc) is 2.55. The molecular weight excluding hydrogens is 340 g/mol. The minimum absolute atomic E-state index is 0.119. The fraction of sp³-hybridized carbons (Fsp3) is 0.294. The van der Waals surface area contributed by atoms with Gasteiger partial charge in [-0.3, -0.25) is 9.78 Å². The quantitative estimate of drug-likeness (QED) is 0.808. The Bertz CT molecular complexity index is 806. The van der Waals surface area contributed by atoms with Crippen LogP contribution in [0.4, 0.5) is 11.4 Å². The summed E-state index contributed by atoms with van der Waals surface area (Å²) in [4.78, 5) is 18.1. The van der Waals surface area contributed by atoms with Crippen molar-refractivity contribution >= 4 is 27.3 Å². The molecule has 2 aromatic rings. The number of anilines is 2. The van der Waals surface area contributed by atoms with Crippen LogP contribution < -0.4 is 10.2 Å². The summed E-state index contributed by atoms with van der Waals surface area (Å²) in [5.74, 6) is -0.392. The molecule has 0 atom stereocenters. The van der Waals surface area contributed by atoms with Gasteiger partial charge < -0.3 is 10.2 Å². The van der Waals surface area contributed by atoms with E-state index in [0.29, 0.717) is 5.69 Å². The van der Waals surface area contributed by atoms with E-state index in [0.717, 1.165) is 21.8 Å². The van der Waals surface area contributed by atoms with Gasteiger partial charge in [0.05, 0.1) is 12.8 Å². The number of benzene rings is 1. The molecular formula is C17H22N4O3S. The lowest BCUT2D eigenvalue weighted by atomic mass is 10.2. The molecule has 8 heteroatoms. The fourth-order valence-corrected chi connectivity index (χ4v) is 2.92. The Morgan fingerprint density at radius 2 is 1.68 bits per heavy atom. The molecule has 1 heterocycles. The van der Waals surface area contributed by atoms with Crippen molar-refractivity contribution in [3.63, 3.8) is 0 Å². The maximum absolute atomic E-state index is 12.2. The monoisotopic (exact) mass is 362 g/mol. The highest BCUT2D eigenvalue weighted by atomic mass is 32.2. The average molecular weight is 362 g/mol. The first-order chi connectivity index (χ1) is 11.8. The summed E-state index contributed by atoms with van der Waals surface area (Å²) in [6.45, 7) is -0.134. The van der Waals surface area contributed by atoms with Crippen molar-refractivity contribution < 1.29 is 13.2 Å². The summed E-state index contributed by atoms with van der Waals surface area (Å²) in [5.41, 5.74) is 2.39. The molecule has 25 heavy (non-hydrogen) atoms. The van der Waals surface area contributed by atoms with Crippen LogP contribution in [0.1, 0.15) is 5.56 Å². The molecule has 0 unspecified atom stereocenters. The number of hydrogen-bond donors (Lipinski definition) is 1. The second-order valence-electron chi connectivity index (χ2n) is 5.88. The second-order valence-corrected chi connectivity index (χ2v) is 7.86. The molecule has 134 valence electrons. The Morgan fingerprint density at radius 1 is 1.08 bits per heavy atom. The molecule has 0 aliphatic carbocycles. The fourth-order valence-electron chi connectivity index (χ4n) is 2.19. The summed E-state index contributed by atoms with van der Waals surface area (Å²) < 4.78 is 25.1. The summed E-state index contributed by atoms with van der Waals surface area (Å²) in [6, 6.07) is 10.7. The van der Waals surface area contributed by atoms with Crippen molar-refractivity contribution in [3.05, 3.63) is 54.4 Å². The van der Waals surface area contributed by atoms with Gasteiger partial charge in [-0.15, -0.1) is 0 Å². The number of rotatable bonds is 7. The Kier molecular flexibility index (Phi) is 6.11. The van der Waals surface area contributed by atoms with Crippen LogP contribution in [0.3, 0.4) is 0 Å². The van der Waals surface area contributed by atoms with Crippen LogP contribution in [0.15, 0.2) is 48.8 Å². The lowest BCUT2D eigenvalue weighted by Crippen LogP contribution is -2.36. The maximum Gasteiger partial charge on any atom is 0.239 e. The van der Waals surface area contributed by atoms with Crippen molar-refractivity contribution in [2.24, 2.45) is 0 Å². The zero-order valence-electron chi connectivity index (χ0n) is 14.5. The molecule has 2 rings (SSSR count). The van der Waals surface area contributed by atoms with Gasteiger partial charge in [0, 0.05) is 44.4 Å². The zero-order chi connectivity index (χ0) is 18.4. The van der Waals surface area contributed by atoms with E-state index in [9.17, 15) is 13.2 Å². The smallest absolute Gasteiger partial charge is 0.239 e. The van der Waals surface area contributed by atoms with Gasteiger partial charge >= 0.3 is 0 Å². The van der Waals surface area contributed by atoms with Gasteiger partial charge in [0.25, 0.3) is 0 Å². The van der Waals surface area contributed by atoms with Gasteiger partial charge in [-0.05, 0) is 42.0 Å². The topological polar surface area (TPSA) is 82.6 Å². The lowest BCUT2D eigenvalue weighted by Gasteiger charge is -2.19. The van der Waals surface area contributed by atoms with E-state index >= 15 is 0 Å². The SMILES string of the molecule is CN(C)c1ccc(NC(=O)CN(Cc2ccncc2)S(C)(=O)=O)cc1. The molecule has 0 aliphatic heterocycles. The molecule has 1 amide bonds. The van der Waals surface area contributed by atoms with Crippen LogP contribution in [0.5, 0.6) is 0 Å². The molecule has 0 aliphatic rings. The minimum Gasteiger partial charge on any atom is -0.378 e. The van der Waals surface area contributed by atoms with E-state index in [1.54, 1.807) is 36.7 Å². The number of aromatic nitrogens is 1. The summed E-state index contributed by atoms with van der Waals surface area (Å²) in [6.07, 6.45) is 4.26. The number of nitrogens with zero attached hydrogens (tertiary/aromatic N) is 3. The van der Waals surface area contributed by atoms with Crippen LogP contribution in [0.25, 0.3) is 0 Å². The number of nitrogens with one attached hydrogen (secondary N) is 1. The van der Waals surface area contributed by atoms with Crippen LogP contribution >= 0.6 is 0 Å². The first kappa shape index (κ1) is 18.9. The van der Waals surface area contributed by atoms with E-state index in [-0.39, 0.29) is 13.1 Å². The standard InChI is InChI=1S/C17H22N4O3S/c1-20(2)16-6-4-15(5-7-16)19-17(22)13-21(25(3,23)24)12-14-8-10-18-11-9-14/h4-11H,12-13H2,1-3H3,(H,19,22). The van der Waals surface area contributed by atoms with Crippen LogP contribution in [-0.2, 0) is 21.4 Å². The molecule has 0 saturated heterocycles. The number of hydrogen-bond acceptors (Lipinski definition) is 5. The minimum atomic E-state index is -3.52. The molecule has 0 radical (unpaired) electrons. The first-order valence-electron chi connectivity index (χ1n) is 7.67. The predicted molar refractivity (Wildman–Crippen MR) is 98.9 cm³/mol. The number of amides is 1.